The smallest absolute Gasteiger partial charge is 0.121 e. The molecule has 0 aliphatic rings. The summed E-state index contributed by atoms with van der Waals surface area (Å²) in [4.78, 5) is 0. The minimum Gasteiger partial charge on any atom is -0.490 e. The van der Waals surface area contributed by atoms with E-state index in [9.17, 15) is 5.11 Å². The highest BCUT2D eigenvalue weighted by Crippen LogP contribution is 2.23. The monoisotopic (exact) mass is 271 g/mol. The van der Waals surface area contributed by atoms with Gasteiger partial charge in [-0.25, -0.2) is 0 Å². The molecule has 0 aliphatic heterocycles. The van der Waals surface area contributed by atoms with Crippen molar-refractivity contribution < 1.29 is 9.84 Å². The van der Waals surface area contributed by atoms with Crippen LogP contribution in [-0.2, 0) is 5.60 Å². The van der Waals surface area contributed by atoms with Crippen LogP contribution in [0, 0.1) is 0 Å². The molecule has 2 unspecified atom stereocenters. The summed E-state index contributed by atoms with van der Waals surface area (Å²) in [5.41, 5.74) is 6.68. The average Bonchev–Trinajstić information content (AvgIpc) is 2.46. The summed E-state index contributed by atoms with van der Waals surface area (Å²) in [6, 6.07) is 17.1. The third-order valence-electron chi connectivity index (χ3n) is 3.30. The van der Waals surface area contributed by atoms with Gasteiger partial charge in [0.15, 0.2) is 0 Å². The van der Waals surface area contributed by atoms with E-state index in [-0.39, 0.29) is 12.6 Å². The first-order valence-corrected chi connectivity index (χ1v) is 6.75. The lowest BCUT2D eigenvalue weighted by molar-refractivity contribution is 0.00757. The molecule has 0 spiro atoms. The Kier molecular flexibility index (Phi) is 4.42. The van der Waals surface area contributed by atoms with Gasteiger partial charge in [0, 0.05) is 6.04 Å². The van der Waals surface area contributed by atoms with Crippen LogP contribution in [0.3, 0.4) is 0 Å². The molecule has 0 saturated carbocycles. The van der Waals surface area contributed by atoms with Crippen molar-refractivity contribution in [3.8, 4) is 5.75 Å². The van der Waals surface area contributed by atoms with Gasteiger partial charge in [-0.2, -0.15) is 0 Å². The second-order valence-corrected chi connectivity index (χ2v) is 5.29. The SMILES string of the molecule is CC(N)c1cccc(OCC(C)(O)c2ccccc2)c1. The van der Waals surface area contributed by atoms with Crippen molar-refractivity contribution in [1.29, 1.82) is 0 Å². The molecule has 2 aromatic rings. The lowest BCUT2D eigenvalue weighted by atomic mass is 9.97. The molecule has 2 aromatic carbocycles. The second kappa shape index (κ2) is 6.07. The maximum Gasteiger partial charge on any atom is 0.121 e. The molecule has 0 fully saturated rings. The van der Waals surface area contributed by atoms with E-state index in [1.807, 2.05) is 61.5 Å². The summed E-state index contributed by atoms with van der Waals surface area (Å²) < 4.78 is 5.71. The van der Waals surface area contributed by atoms with Crippen molar-refractivity contribution in [2.45, 2.75) is 25.5 Å². The minimum atomic E-state index is -1.02. The molecule has 0 amide bonds. The predicted molar refractivity (Wildman–Crippen MR) is 80.6 cm³/mol. The van der Waals surface area contributed by atoms with Gasteiger partial charge >= 0.3 is 0 Å². The van der Waals surface area contributed by atoms with Crippen molar-refractivity contribution in [3.05, 3.63) is 65.7 Å². The Balaban J connectivity index is 2.06. The lowest BCUT2D eigenvalue weighted by Gasteiger charge is -2.24. The zero-order valence-electron chi connectivity index (χ0n) is 11.9. The molecular formula is C17H21NO2. The first kappa shape index (κ1) is 14.6. The molecule has 106 valence electrons. The highest BCUT2D eigenvalue weighted by molar-refractivity contribution is 5.30. The summed E-state index contributed by atoms with van der Waals surface area (Å²) in [6.45, 7) is 3.87. The van der Waals surface area contributed by atoms with E-state index in [1.165, 1.54) is 0 Å². The molecule has 2 rings (SSSR count). The number of nitrogens with two attached hydrogens (primary N) is 1. The van der Waals surface area contributed by atoms with Crippen LogP contribution in [-0.4, -0.2) is 11.7 Å². The minimum absolute atomic E-state index is 0.0341. The predicted octanol–water partition coefficient (Wildman–Crippen LogP) is 2.99. The maximum absolute atomic E-state index is 10.5. The average molecular weight is 271 g/mol. The second-order valence-electron chi connectivity index (χ2n) is 5.29. The van der Waals surface area contributed by atoms with Gasteiger partial charge < -0.3 is 15.6 Å². The Bertz CT molecular complexity index is 550. The van der Waals surface area contributed by atoms with Gasteiger partial charge in [-0.15, -0.1) is 0 Å². The van der Waals surface area contributed by atoms with Crippen molar-refractivity contribution in [2.24, 2.45) is 5.73 Å². The fraction of sp³-hybridized carbons (Fsp3) is 0.294. The summed E-state index contributed by atoms with van der Waals surface area (Å²) in [6.07, 6.45) is 0. The lowest BCUT2D eigenvalue weighted by Crippen LogP contribution is -2.29. The van der Waals surface area contributed by atoms with Crippen LogP contribution < -0.4 is 10.5 Å². The van der Waals surface area contributed by atoms with Crippen molar-refractivity contribution >= 4 is 0 Å². The summed E-state index contributed by atoms with van der Waals surface area (Å²) >= 11 is 0. The van der Waals surface area contributed by atoms with Gasteiger partial charge in [0.25, 0.3) is 0 Å². The van der Waals surface area contributed by atoms with Crippen LogP contribution >= 0.6 is 0 Å². The highest BCUT2D eigenvalue weighted by atomic mass is 16.5. The van der Waals surface area contributed by atoms with E-state index in [0.29, 0.717) is 0 Å². The maximum atomic E-state index is 10.5. The molecule has 3 heteroatoms. The summed E-state index contributed by atoms with van der Waals surface area (Å²) in [5.74, 6) is 0.719. The number of hydrogen-bond donors (Lipinski definition) is 2. The molecule has 0 radical (unpaired) electrons. The van der Waals surface area contributed by atoms with Crippen LogP contribution in [0.5, 0.6) is 5.75 Å². The van der Waals surface area contributed by atoms with E-state index in [1.54, 1.807) is 6.92 Å². The largest absolute Gasteiger partial charge is 0.490 e. The van der Waals surface area contributed by atoms with Gasteiger partial charge in [-0.05, 0) is 37.1 Å². The van der Waals surface area contributed by atoms with E-state index in [4.69, 9.17) is 10.5 Å². The number of ether oxygens (including phenoxy) is 1. The standard InChI is InChI=1S/C17H21NO2/c1-13(18)14-7-6-10-16(11-14)20-12-17(2,19)15-8-4-3-5-9-15/h3-11,13,19H,12,18H2,1-2H3. The quantitative estimate of drug-likeness (QED) is 0.879. The van der Waals surface area contributed by atoms with E-state index >= 15 is 0 Å². The molecule has 0 aromatic heterocycles. The van der Waals surface area contributed by atoms with Crippen LogP contribution in [0.15, 0.2) is 54.6 Å². The highest BCUT2D eigenvalue weighted by Gasteiger charge is 2.23. The Morgan fingerprint density at radius 3 is 2.50 bits per heavy atom. The first-order valence-electron chi connectivity index (χ1n) is 6.75. The molecular weight excluding hydrogens is 250 g/mol. The topological polar surface area (TPSA) is 55.5 Å². The number of aliphatic hydroxyl groups is 1. The van der Waals surface area contributed by atoms with Crippen LogP contribution in [0.25, 0.3) is 0 Å². The number of hydrogen-bond acceptors (Lipinski definition) is 3. The first-order chi connectivity index (χ1) is 9.49. The molecule has 3 nitrogen and oxygen atoms in total. The van der Waals surface area contributed by atoms with Gasteiger partial charge in [0.05, 0.1) is 0 Å². The number of rotatable bonds is 5. The van der Waals surface area contributed by atoms with Crippen LogP contribution in [0.1, 0.15) is 31.0 Å². The van der Waals surface area contributed by atoms with Gasteiger partial charge in [0.2, 0.25) is 0 Å². The van der Waals surface area contributed by atoms with E-state index in [0.717, 1.165) is 16.9 Å². The Labute approximate surface area is 120 Å². The zero-order chi connectivity index (χ0) is 14.6. The zero-order valence-corrected chi connectivity index (χ0v) is 11.9. The molecule has 0 aliphatic carbocycles. The third kappa shape index (κ3) is 3.59. The summed E-state index contributed by atoms with van der Waals surface area (Å²) in [5, 5.41) is 10.5. The van der Waals surface area contributed by atoms with Gasteiger partial charge in [-0.1, -0.05) is 42.5 Å². The molecule has 0 heterocycles. The van der Waals surface area contributed by atoms with Gasteiger partial charge in [-0.3, -0.25) is 0 Å². The number of benzene rings is 2. The van der Waals surface area contributed by atoms with Crippen LogP contribution in [0.4, 0.5) is 0 Å². The Hall–Kier alpha value is -1.84. The van der Waals surface area contributed by atoms with E-state index in [2.05, 4.69) is 0 Å². The fourth-order valence-corrected chi connectivity index (χ4v) is 1.99. The molecule has 0 saturated heterocycles. The Morgan fingerprint density at radius 2 is 1.85 bits per heavy atom. The van der Waals surface area contributed by atoms with E-state index < -0.39 is 5.60 Å². The molecule has 2 atom stereocenters. The third-order valence-corrected chi connectivity index (χ3v) is 3.30. The van der Waals surface area contributed by atoms with Crippen LogP contribution in [0.2, 0.25) is 0 Å². The van der Waals surface area contributed by atoms with Gasteiger partial charge in [0.1, 0.15) is 18.0 Å². The van der Waals surface area contributed by atoms with Crippen molar-refractivity contribution in [2.75, 3.05) is 6.61 Å². The molecule has 0 bridgehead atoms. The van der Waals surface area contributed by atoms with Crippen molar-refractivity contribution in [3.63, 3.8) is 0 Å². The summed E-state index contributed by atoms with van der Waals surface area (Å²) in [7, 11) is 0. The Morgan fingerprint density at radius 1 is 1.15 bits per heavy atom. The normalized spacial score (nSPS) is 15.4. The fourth-order valence-electron chi connectivity index (χ4n) is 1.99. The van der Waals surface area contributed by atoms with Crippen molar-refractivity contribution in [1.82, 2.24) is 0 Å². The molecule has 3 N–H and O–H groups in total. The molecule has 20 heavy (non-hydrogen) atoms.